The van der Waals surface area contributed by atoms with E-state index >= 15 is 0 Å². The van der Waals surface area contributed by atoms with Crippen molar-refractivity contribution >= 4 is 11.8 Å². The van der Waals surface area contributed by atoms with E-state index in [-0.39, 0.29) is 0 Å². The van der Waals surface area contributed by atoms with Crippen LogP contribution in [-0.2, 0) is 0 Å². The average Bonchev–Trinajstić information content (AvgIpc) is 2.16. The van der Waals surface area contributed by atoms with Gasteiger partial charge in [0.1, 0.15) is 0 Å². The Balaban J connectivity index is 3.09. The van der Waals surface area contributed by atoms with Gasteiger partial charge in [-0.3, -0.25) is 0 Å². The molecule has 16 heavy (non-hydrogen) atoms. The third kappa shape index (κ3) is 3.55. The molecule has 0 nitrogen and oxygen atoms in total. The van der Waals surface area contributed by atoms with Crippen LogP contribution in [0.2, 0.25) is 0 Å². The number of rotatable bonds is 4. The smallest absolute Gasteiger partial charge is 0.0109 e. The summed E-state index contributed by atoms with van der Waals surface area (Å²) in [5, 5.41) is 0.655. The van der Waals surface area contributed by atoms with Gasteiger partial charge in [-0.15, -0.1) is 11.8 Å². The van der Waals surface area contributed by atoms with Crippen LogP contribution in [0.4, 0.5) is 0 Å². The Morgan fingerprint density at radius 2 is 1.50 bits per heavy atom. The first-order chi connectivity index (χ1) is 7.41. The maximum atomic E-state index is 2.39. The van der Waals surface area contributed by atoms with E-state index in [1.54, 1.807) is 0 Å². The largest absolute Gasteiger partial charge is 0.123 e. The lowest BCUT2D eigenvalue weighted by molar-refractivity contribution is 0.815. The highest BCUT2D eigenvalue weighted by atomic mass is 32.2. The van der Waals surface area contributed by atoms with Crippen LogP contribution in [0.3, 0.4) is 0 Å². The summed E-state index contributed by atoms with van der Waals surface area (Å²) in [4.78, 5) is 1.45. The van der Waals surface area contributed by atoms with Crippen molar-refractivity contribution in [3.8, 4) is 0 Å². The van der Waals surface area contributed by atoms with Gasteiger partial charge in [0.05, 0.1) is 0 Å². The zero-order valence-electron chi connectivity index (χ0n) is 11.4. The molecule has 1 aromatic carbocycles. The molecule has 1 aromatic rings. The molecule has 1 heteroatoms. The summed E-state index contributed by atoms with van der Waals surface area (Å²) in [7, 11) is 0. The van der Waals surface area contributed by atoms with Gasteiger partial charge in [-0.1, -0.05) is 53.7 Å². The van der Waals surface area contributed by atoms with Crippen LogP contribution < -0.4 is 0 Å². The summed E-state index contributed by atoms with van der Waals surface area (Å²) in [5.74, 6) is 1.23. The Morgan fingerprint density at radius 1 is 0.875 bits per heavy atom. The fourth-order valence-electron chi connectivity index (χ4n) is 1.74. The van der Waals surface area contributed by atoms with Crippen molar-refractivity contribution in [2.75, 3.05) is 0 Å². The summed E-state index contributed by atoms with van der Waals surface area (Å²) in [5.41, 5.74) is 2.96. The molecule has 0 atom stereocenters. The minimum atomic E-state index is 0.611. The number of hydrogen-bond acceptors (Lipinski definition) is 1. The molecule has 0 radical (unpaired) electrons. The van der Waals surface area contributed by atoms with E-state index < -0.39 is 0 Å². The highest BCUT2D eigenvalue weighted by Gasteiger charge is 2.11. The lowest BCUT2D eigenvalue weighted by Crippen LogP contribution is -1.97. The quantitative estimate of drug-likeness (QED) is 0.628. The molecule has 0 saturated heterocycles. The fraction of sp³-hybridized carbons (Fsp3) is 0.600. The average molecular weight is 236 g/mol. The Bertz CT molecular complexity index is 337. The van der Waals surface area contributed by atoms with Gasteiger partial charge >= 0.3 is 0 Å². The van der Waals surface area contributed by atoms with E-state index in [1.807, 2.05) is 11.8 Å². The molecular formula is C15H24S. The van der Waals surface area contributed by atoms with Crippen LogP contribution in [-0.4, -0.2) is 5.25 Å². The van der Waals surface area contributed by atoms with Gasteiger partial charge in [0.2, 0.25) is 0 Å². The van der Waals surface area contributed by atoms with Crippen LogP contribution in [0.1, 0.15) is 64.5 Å². The topological polar surface area (TPSA) is 0 Å². The molecule has 0 aliphatic rings. The molecular weight excluding hydrogens is 212 g/mol. The lowest BCUT2D eigenvalue weighted by atomic mass is 9.96. The van der Waals surface area contributed by atoms with Gasteiger partial charge in [0, 0.05) is 10.1 Å². The van der Waals surface area contributed by atoms with Crippen molar-refractivity contribution in [1.82, 2.24) is 0 Å². The summed E-state index contributed by atoms with van der Waals surface area (Å²) >= 11 is 1.97. The predicted molar refractivity (Wildman–Crippen MR) is 75.6 cm³/mol. The number of hydrogen-bond donors (Lipinski definition) is 0. The maximum Gasteiger partial charge on any atom is 0.0109 e. The second-order valence-electron chi connectivity index (χ2n) is 5.27. The van der Waals surface area contributed by atoms with Crippen molar-refractivity contribution in [1.29, 1.82) is 0 Å². The van der Waals surface area contributed by atoms with E-state index in [0.717, 1.165) is 0 Å². The van der Waals surface area contributed by atoms with Gasteiger partial charge in [-0.2, -0.15) is 0 Å². The second kappa shape index (κ2) is 5.77. The first-order valence-corrected chi connectivity index (χ1v) is 7.10. The molecule has 0 spiro atoms. The van der Waals surface area contributed by atoms with E-state index in [4.69, 9.17) is 0 Å². The third-order valence-corrected chi connectivity index (χ3v) is 3.78. The second-order valence-corrected chi connectivity index (χ2v) is 6.89. The molecule has 0 aliphatic heterocycles. The Hall–Kier alpha value is -0.430. The minimum absolute atomic E-state index is 0.611. The van der Waals surface area contributed by atoms with Crippen molar-refractivity contribution < 1.29 is 0 Å². The first kappa shape index (κ1) is 13.6. The molecule has 0 heterocycles. The van der Waals surface area contributed by atoms with E-state index in [9.17, 15) is 0 Å². The summed E-state index contributed by atoms with van der Waals surface area (Å²) in [6.45, 7) is 13.6. The predicted octanol–water partition coefficient (Wildman–Crippen LogP) is 5.43. The summed E-state index contributed by atoms with van der Waals surface area (Å²) < 4.78 is 0. The van der Waals surface area contributed by atoms with Gasteiger partial charge < -0.3 is 0 Å². The SMILES string of the molecule is CC(C)Sc1ccc(C(C)C)cc1C(C)C. The molecule has 0 saturated carbocycles. The Kier molecular flexibility index (Phi) is 4.91. The van der Waals surface area contributed by atoms with Crippen molar-refractivity contribution in [3.63, 3.8) is 0 Å². The Labute approximate surface area is 105 Å². The van der Waals surface area contributed by atoms with Crippen LogP contribution in [0.25, 0.3) is 0 Å². The molecule has 1 rings (SSSR count). The number of benzene rings is 1. The molecule has 0 bridgehead atoms. The van der Waals surface area contributed by atoms with Crippen molar-refractivity contribution in [2.45, 2.75) is 63.5 Å². The summed E-state index contributed by atoms with van der Waals surface area (Å²) in [6.07, 6.45) is 0. The highest BCUT2D eigenvalue weighted by molar-refractivity contribution is 8.00. The molecule has 0 fully saturated rings. The standard InChI is InChI=1S/C15H24S/c1-10(2)13-7-8-15(16-12(5)6)14(9-13)11(3)4/h7-12H,1-6H3. The third-order valence-electron chi connectivity index (χ3n) is 2.69. The number of thioether (sulfide) groups is 1. The molecule has 0 unspecified atom stereocenters. The minimum Gasteiger partial charge on any atom is -0.123 e. The summed E-state index contributed by atoms with van der Waals surface area (Å²) in [6, 6.07) is 6.97. The monoisotopic (exact) mass is 236 g/mol. The van der Waals surface area contributed by atoms with E-state index in [1.165, 1.54) is 16.0 Å². The zero-order valence-corrected chi connectivity index (χ0v) is 12.2. The molecule has 0 aliphatic carbocycles. The normalized spacial score (nSPS) is 11.8. The first-order valence-electron chi connectivity index (χ1n) is 6.22. The van der Waals surface area contributed by atoms with E-state index in [0.29, 0.717) is 17.1 Å². The highest BCUT2D eigenvalue weighted by Crippen LogP contribution is 2.33. The molecule has 90 valence electrons. The molecule has 0 N–H and O–H groups in total. The molecule has 0 amide bonds. The van der Waals surface area contributed by atoms with Crippen LogP contribution >= 0.6 is 11.8 Å². The van der Waals surface area contributed by atoms with Crippen molar-refractivity contribution in [2.24, 2.45) is 0 Å². The van der Waals surface area contributed by atoms with Gasteiger partial charge in [0.15, 0.2) is 0 Å². The fourth-order valence-corrected chi connectivity index (χ4v) is 2.82. The molecule has 0 aromatic heterocycles. The maximum absolute atomic E-state index is 2.39. The van der Waals surface area contributed by atoms with E-state index in [2.05, 4.69) is 59.7 Å². The van der Waals surface area contributed by atoms with Crippen molar-refractivity contribution in [3.05, 3.63) is 29.3 Å². The Morgan fingerprint density at radius 3 is 1.94 bits per heavy atom. The van der Waals surface area contributed by atoms with Crippen LogP contribution in [0, 0.1) is 0 Å². The van der Waals surface area contributed by atoms with Gasteiger partial charge in [-0.25, -0.2) is 0 Å². The zero-order chi connectivity index (χ0) is 12.3. The van der Waals surface area contributed by atoms with Gasteiger partial charge in [-0.05, 0) is 29.0 Å². The van der Waals surface area contributed by atoms with Crippen LogP contribution in [0.15, 0.2) is 23.1 Å². The van der Waals surface area contributed by atoms with Crippen LogP contribution in [0.5, 0.6) is 0 Å². The van der Waals surface area contributed by atoms with Gasteiger partial charge in [0.25, 0.3) is 0 Å². The lowest BCUT2D eigenvalue weighted by Gasteiger charge is -2.17.